The molecule has 128 valence electrons. The average Bonchev–Trinajstić information content (AvgIpc) is 3.14. The summed E-state index contributed by atoms with van der Waals surface area (Å²) in [7, 11) is 0. The van der Waals surface area contributed by atoms with Crippen molar-refractivity contribution in [2.24, 2.45) is 0 Å². The van der Waals surface area contributed by atoms with E-state index in [9.17, 15) is 9.59 Å². The smallest absolute Gasteiger partial charge is 0.335 e. The van der Waals surface area contributed by atoms with Crippen molar-refractivity contribution >= 4 is 11.9 Å². The van der Waals surface area contributed by atoms with Crippen LogP contribution in [0.2, 0.25) is 0 Å². The Bertz CT molecular complexity index is 515. The Hall–Kier alpha value is -1.40. The number of nitrogens with zero attached hydrogens (tertiary/aromatic N) is 1. The Labute approximate surface area is 137 Å². The van der Waals surface area contributed by atoms with Gasteiger partial charge in [0.25, 0.3) is 5.91 Å². The van der Waals surface area contributed by atoms with Gasteiger partial charge in [-0.3, -0.25) is 4.79 Å². The SMILES string of the molecule is CCN1CCC2(CC1)OC(=O)C(C)=C2C(=O)NCC1CCCO1. The molecule has 2 saturated heterocycles. The number of carbonyl (C=O) groups is 2. The molecule has 0 aromatic rings. The van der Waals surface area contributed by atoms with Crippen molar-refractivity contribution in [1.29, 1.82) is 0 Å². The Morgan fingerprint density at radius 1 is 1.39 bits per heavy atom. The van der Waals surface area contributed by atoms with Gasteiger partial charge in [0, 0.05) is 44.7 Å². The minimum absolute atomic E-state index is 0.0933. The fraction of sp³-hybridized carbons (Fsp3) is 0.765. The van der Waals surface area contributed by atoms with Crippen LogP contribution in [0.4, 0.5) is 0 Å². The topological polar surface area (TPSA) is 67.9 Å². The first-order valence-corrected chi connectivity index (χ1v) is 8.62. The van der Waals surface area contributed by atoms with Crippen LogP contribution in [0, 0.1) is 0 Å². The number of ether oxygens (including phenoxy) is 2. The largest absolute Gasteiger partial charge is 0.450 e. The summed E-state index contributed by atoms with van der Waals surface area (Å²) in [6.07, 6.45) is 3.49. The van der Waals surface area contributed by atoms with Crippen molar-refractivity contribution in [3.63, 3.8) is 0 Å². The first-order valence-electron chi connectivity index (χ1n) is 8.62. The molecule has 3 heterocycles. The van der Waals surface area contributed by atoms with Crippen LogP contribution in [0.3, 0.4) is 0 Å². The zero-order valence-corrected chi connectivity index (χ0v) is 14.0. The highest BCUT2D eigenvalue weighted by Gasteiger charge is 2.50. The maximum atomic E-state index is 12.7. The van der Waals surface area contributed by atoms with Gasteiger partial charge in [-0.05, 0) is 26.3 Å². The summed E-state index contributed by atoms with van der Waals surface area (Å²) >= 11 is 0. The van der Waals surface area contributed by atoms with E-state index in [1.54, 1.807) is 6.92 Å². The van der Waals surface area contributed by atoms with Crippen LogP contribution >= 0.6 is 0 Å². The number of nitrogens with one attached hydrogen (secondary N) is 1. The lowest BCUT2D eigenvalue weighted by Gasteiger charge is -2.39. The molecule has 3 aliphatic heterocycles. The third kappa shape index (κ3) is 3.15. The quantitative estimate of drug-likeness (QED) is 0.783. The van der Waals surface area contributed by atoms with E-state index in [1.807, 2.05) is 0 Å². The van der Waals surface area contributed by atoms with Crippen molar-refractivity contribution < 1.29 is 19.1 Å². The maximum Gasteiger partial charge on any atom is 0.335 e. The molecule has 3 aliphatic rings. The molecule has 0 aromatic heterocycles. The van der Waals surface area contributed by atoms with Crippen molar-refractivity contribution in [1.82, 2.24) is 10.2 Å². The molecular formula is C17H26N2O4. The molecule has 0 aliphatic carbocycles. The van der Waals surface area contributed by atoms with Gasteiger partial charge in [0.2, 0.25) is 0 Å². The van der Waals surface area contributed by atoms with Gasteiger partial charge in [-0.2, -0.15) is 0 Å². The zero-order valence-electron chi connectivity index (χ0n) is 14.0. The van der Waals surface area contributed by atoms with E-state index in [0.717, 1.165) is 39.1 Å². The van der Waals surface area contributed by atoms with E-state index in [4.69, 9.17) is 9.47 Å². The van der Waals surface area contributed by atoms with Gasteiger partial charge < -0.3 is 19.7 Å². The van der Waals surface area contributed by atoms with Crippen molar-refractivity contribution in [2.75, 3.05) is 32.8 Å². The van der Waals surface area contributed by atoms with Crippen LogP contribution in [0.1, 0.15) is 39.5 Å². The second-order valence-electron chi connectivity index (χ2n) is 6.66. The number of amides is 1. The normalized spacial score (nSPS) is 27.6. The van der Waals surface area contributed by atoms with Gasteiger partial charge in [0.05, 0.1) is 11.7 Å². The number of rotatable bonds is 4. The molecule has 2 fully saturated rings. The van der Waals surface area contributed by atoms with Crippen molar-refractivity contribution in [3.05, 3.63) is 11.1 Å². The second kappa shape index (κ2) is 6.61. The van der Waals surface area contributed by atoms with E-state index >= 15 is 0 Å². The van der Waals surface area contributed by atoms with E-state index in [0.29, 0.717) is 30.5 Å². The predicted octanol–water partition coefficient (Wildman–Crippen LogP) is 1.01. The summed E-state index contributed by atoms with van der Waals surface area (Å²) in [6, 6.07) is 0. The van der Waals surface area contributed by atoms with Gasteiger partial charge in [-0.1, -0.05) is 6.92 Å². The minimum Gasteiger partial charge on any atom is -0.450 e. The average molecular weight is 322 g/mol. The van der Waals surface area contributed by atoms with E-state index in [1.165, 1.54) is 0 Å². The molecule has 1 amide bonds. The summed E-state index contributed by atoms with van der Waals surface area (Å²) in [5, 5.41) is 2.95. The van der Waals surface area contributed by atoms with Gasteiger partial charge >= 0.3 is 5.97 Å². The summed E-state index contributed by atoms with van der Waals surface area (Å²) in [5.74, 6) is -0.522. The molecule has 0 aromatic carbocycles. The van der Waals surface area contributed by atoms with Gasteiger partial charge in [-0.15, -0.1) is 0 Å². The lowest BCUT2D eigenvalue weighted by atomic mass is 9.82. The lowest BCUT2D eigenvalue weighted by molar-refractivity contribution is -0.150. The summed E-state index contributed by atoms with van der Waals surface area (Å²) in [5.41, 5.74) is 0.268. The van der Waals surface area contributed by atoms with Gasteiger partial charge in [-0.25, -0.2) is 4.79 Å². The molecule has 1 spiro atoms. The van der Waals surface area contributed by atoms with Crippen LogP contribution in [0.25, 0.3) is 0 Å². The molecule has 1 atom stereocenters. The second-order valence-corrected chi connectivity index (χ2v) is 6.66. The standard InChI is InChI=1S/C17H26N2O4/c1-3-19-8-6-17(7-9-19)14(12(2)16(21)23-17)15(20)18-11-13-5-4-10-22-13/h13H,3-11H2,1-2H3,(H,18,20). The minimum atomic E-state index is -0.729. The number of carbonyl (C=O) groups excluding carboxylic acids is 2. The van der Waals surface area contributed by atoms with Crippen LogP contribution in [-0.2, 0) is 19.1 Å². The number of piperidine rings is 1. The molecule has 0 radical (unpaired) electrons. The fourth-order valence-electron chi connectivity index (χ4n) is 3.81. The molecule has 1 unspecified atom stereocenters. The van der Waals surface area contributed by atoms with E-state index in [2.05, 4.69) is 17.1 Å². The van der Waals surface area contributed by atoms with E-state index < -0.39 is 5.60 Å². The summed E-state index contributed by atoms with van der Waals surface area (Å²) in [4.78, 5) is 27.1. The summed E-state index contributed by atoms with van der Waals surface area (Å²) < 4.78 is 11.2. The van der Waals surface area contributed by atoms with Crippen LogP contribution < -0.4 is 5.32 Å². The Morgan fingerprint density at radius 3 is 2.74 bits per heavy atom. The fourth-order valence-corrected chi connectivity index (χ4v) is 3.81. The predicted molar refractivity (Wildman–Crippen MR) is 84.9 cm³/mol. The lowest BCUT2D eigenvalue weighted by Crippen LogP contribution is -2.49. The van der Waals surface area contributed by atoms with Gasteiger partial charge in [0.15, 0.2) is 0 Å². The van der Waals surface area contributed by atoms with Crippen molar-refractivity contribution in [3.8, 4) is 0 Å². The Balaban J connectivity index is 1.71. The highest BCUT2D eigenvalue weighted by atomic mass is 16.6. The Morgan fingerprint density at radius 2 is 2.13 bits per heavy atom. The first kappa shape index (κ1) is 16.5. The molecule has 6 nitrogen and oxygen atoms in total. The molecule has 6 heteroatoms. The third-order valence-corrected chi connectivity index (χ3v) is 5.28. The molecule has 23 heavy (non-hydrogen) atoms. The highest BCUT2D eigenvalue weighted by molar-refractivity contribution is 6.07. The molecule has 0 saturated carbocycles. The van der Waals surface area contributed by atoms with E-state index in [-0.39, 0.29) is 18.0 Å². The van der Waals surface area contributed by atoms with Crippen molar-refractivity contribution in [2.45, 2.75) is 51.2 Å². The molecule has 1 N–H and O–H groups in total. The highest BCUT2D eigenvalue weighted by Crippen LogP contribution is 2.41. The summed E-state index contributed by atoms with van der Waals surface area (Å²) in [6.45, 7) is 7.76. The number of hydrogen-bond donors (Lipinski definition) is 1. The third-order valence-electron chi connectivity index (χ3n) is 5.28. The maximum absolute atomic E-state index is 12.7. The van der Waals surface area contributed by atoms with Crippen LogP contribution in [-0.4, -0.2) is 61.3 Å². The molecular weight excluding hydrogens is 296 g/mol. The number of hydrogen-bond acceptors (Lipinski definition) is 5. The van der Waals surface area contributed by atoms with Gasteiger partial charge in [0.1, 0.15) is 5.60 Å². The van der Waals surface area contributed by atoms with Crippen LogP contribution in [0.5, 0.6) is 0 Å². The number of esters is 1. The molecule has 0 bridgehead atoms. The first-order chi connectivity index (χ1) is 11.1. The van der Waals surface area contributed by atoms with Crippen LogP contribution in [0.15, 0.2) is 11.1 Å². The monoisotopic (exact) mass is 322 g/mol. The number of likely N-dealkylation sites (tertiary alicyclic amines) is 1. The zero-order chi connectivity index (χ0) is 16.4. The molecule has 3 rings (SSSR count). The Kier molecular flexibility index (Phi) is 4.73.